The van der Waals surface area contributed by atoms with Crippen LogP contribution in [0.15, 0.2) is 12.1 Å². The van der Waals surface area contributed by atoms with Crippen LogP contribution >= 0.6 is 11.6 Å². The Bertz CT molecular complexity index is 563. The SMILES string of the molecule is Cc1ccc(F)c(C(=O)N2C[C@@H]3CCN(C)[C@@H]3C2)c1Cl. The lowest BCUT2D eigenvalue weighted by Crippen LogP contribution is -2.35. The number of fused-ring (bicyclic) bond motifs is 1. The van der Waals surface area contributed by atoms with E-state index in [0.29, 0.717) is 25.0 Å². The Hall–Kier alpha value is -1.13. The highest BCUT2D eigenvalue weighted by Gasteiger charge is 2.42. The van der Waals surface area contributed by atoms with E-state index in [1.54, 1.807) is 17.9 Å². The van der Waals surface area contributed by atoms with Crippen molar-refractivity contribution in [2.75, 3.05) is 26.7 Å². The van der Waals surface area contributed by atoms with Crippen molar-refractivity contribution in [3.63, 3.8) is 0 Å². The van der Waals surface area contributed by atoms with Gasteiger partial charge in [0.25, 0.3) is 5.91 Å². The number of rotatable bonds is 1. The summed E-state index contributed by atoms with van der Waals surface area (Å²) in [6.07, 6.45) is 1.11. The summed E-state index contributed by atoms with van der Waals surface area (Å²) < 4.78 is 14.0. The molecule has 0 bridgehead atoms. The van der Waals surface area contributed by atoms with Crippen LogP contribution in [0, 0.1) is 18.7 Å². The van der Waals surface area contributed by atoms with E-state index in [-0.39, 0.29) is 16.5 Å². The maximum absolute atomic E-state index is 14.0. The van der Waals surface area contributed by atoms with E-state index in [4.69, 9.17) is 11.6 Å². The predicted molar refractivity (Wildman–Crippen MR) is 76.6 cm³/mol. The quantitative estimate of drug-likeness (QED) is 0.795. The van der Waals surface area contributed by atoms with Crippen LogP contribution in [-0.2, 0) is 0 Å². The van der Waals surface area contributed by atoms with Crippen molar-refractivity contribution < 1.29 is 9.18 Å². The molecule has 2 fully saturated rings. The zero-order valence-corrected chi connectivity index (χ0v) is 12.5. The lowest BCUT2D eigenvalue weighted by molar-refractivity contribution is 0.0770. The fourth-order valence-corrected chi connectivity index (χ4v) is 3.58. The second-order valence-corrected chi connectivity index (χ2v) is 6.24. The lowest BCUT2D eigenvalue weighted by Gasteiger charge is -2.21. The molecule has 2 atom stereocenters. The number of benzene rings is 1. The number of carbonyl (C=O) groups excluding carboxylic acids is 1. The zero-order valence-electron chi connectivity index (χ0n) is 11.7. The van der Waals surface area contributed by atoms with Gasteiger partial charge in [-0.3, -0.25) is 4.79 Å². The topological polar surface area (TPSA) is 23.6 Å². The molecule has 0 aliphatic carbocycles. The minimum Gasteiger partial charge on any atom is -0.337 e. The van der Waals surface area contributed by atoms with E-state index in [1.165, 1.54) is 6.07 Å². The highest BCUT2D eigenvalue weighted by atomic mass is 35.5. The maximum Gasteiger partial charge on any atom is 0.258 e. The second kappa shape index (κ2) is 5.01. The van der Waals surface area contributed by atoms with Crippen LogP contribution in [0.25, 0.3) is 0 Å². The zero-order chi connectivity index (χ0) is 14.4. The predicted octanol–water partition coefficient (Wildman–Crippen LogP) is 2.56. The van der Waals surface area contributed by atoms with Crippen molar-refractivity contribution in [1.82, 2.24) is 9.80 Å². The van der Waals surface area contributed by atoms with Crippen molar-refractivity contribution >= 4 is 17.5 Å². The summed E-state index contributed by atoms with van der Waals surface area (Å²) in [5.74, 6) is -0.300. The first-order valence-corrected chi connectivity index (χ1v) is 7.31. The van der Waals surface area contributed by atoms with Gasteiger partial charge in [-0.2, -0.15) is 0 Å². The average molecular weight is 297 g/mol. The largest absolute Gasteiger partial charge is 0.337 e. The van der Waals surface area contributed by atoms with Gasteiger partial charge in [0.2, 0.25) is 0 Å². The summed E-state index contributed by atoms with van der Waals surface area (Å²) in [7, 11) is 2.08. The van der Waals surface area contributed by atoms with E-state index in [2.05, 4.69) is 11.9 Å². The van der Waals surface area contributed by atoms with E-state index < -0.39 is 5.82 Å². The van der Waals surface area contributed by atoms with Crippen LogP contribution in [0.1, 0.15) is 22.3 Å². The number of carbonyl (C=O) groups is 1. The third kappa shape index (κ3) is 2.11. The summed E-state index contributed by atoms with van der Waals surface area (Å²) in [5.41, 5.74) is 0.752. The number of amides is 1. The molecule has 5 heteroatoms. The molecular formula is C15H18ClFN2O. The van der Waals surface area contributed by atoms with Crippen molar-refractivity contribution in [3.8, 4) is 0 Å². The second-order valence-electron chi connectivity index (χ2n) is 5.86. The first kappa shape index (κ1) is 13.8. The van der Waals surface area contributed by atoms with Gasteiger partial charge in [-0.1, -0.05) is 17.7 Å². The molecule has 0 aromatic heterocycles. The number of likely N-dealkylation sites (tertiary alicyclic amines) is 2. The van der Waals surface area contributed by atoms with E-state index in [0.717, 1.165) is 18.5 Å². The number of likely N-dealkylation sites (N-methyl/N-ethyl adjacent to an activating group) is 1. The van der Waals surface area contributed by atoms with E-state index in [1.807, 2.05) is 0 Å². The lowest BCUT2D eigenvalue weighted by atomic mass is 10.1. The Morgan fingerprint density at radius 1 is 1.40 bits per heavy atom. The summed E-state index contributed by atoms with van der Waals surface area (Å²) in [6, 6.07) is 3.32. The number of hydrogen-bond acceptors (Lipinski definition) is 2. The maximum atomic E-state index is 14.0. The minimum absolute atomic E-state index is 0.0225. The van der Waals surface area contributed by atoms with Gasteiger partial charge in [-0.15, -0.1) is 0 Å². The molecule has 0 spiro atoms. The molecule has 0 saturated carbocycles. The van der Waals surface area contributed by atoms with Gasteiger partial charge in [0.05, 0.1) is 10.6 Å². The molecule has 2 aliphatic rings. The molecule has 0 unspecified atom stereocenters. The fraction of sp³-hybridized carbons (Fsp3) is 0.533. The Labute approximate surface area is 123 Å². The molecule has 3 rings (SSSR count). The number of hydrogen-bond donors (Lipinski definition) is 0. The molecular weight excluding hydrogens is 279 g/mol. The molecule has 1 aromatic rings. The normalized spacial score (nSPS) is 26.1. The summed E-state index contributed by atoms with van der Waals surface area (Å²) in [4.78, 5) is 16.6. The molecule has 3 nitrogen and oxygen atoms in total. The fourth-order valence-electron chi connectivity index (χ4n) is 3.35. The minimum atomic E-state index is -0.531. The van der Waals surface area contributed by atoms with Crippen molar-refractivity contribution in [1.29, 1.82) is 0 Å². The average Bonchev–Trinajstić information content (AvgIpc) is 2.97. The van der Waals surface area contributed by atoms with Gasteiger partial charge in [0.1, 0.15) is 5.82 Å². The molecule has 108 valence electrons. The first-order valence-electron chi connectivity index (χ1n) is 6.93. The van der Waals surface area contributed by atoms with Gasteiger partial charge >= 0.3 is 0 Å². The highest BCUT2D eigenvalue weighted by Crippen LogP contribution is 2.32. The molecule has 2 heterocycles. The molecule has 0 N–H and O–H groups in total. The van der Waals surface area contributed by atoms with Crippen LogP contribution < -0.4 is 0 Å². The Balaban J connectivity index is 1.86. The van der Waals surface area contributed by atoms with Crippen LogP contribution in [0.2, 0.25) is 5.02 Å². The molecule has 20 heavy (non-hydrogen) atoms. The number of aryl methyl sites for hydroxylation is 1. The van der Waals surface area contributed by atoms with Gasteiger partial charge in [-0.05, 0) is 44.5 Å². The van der Waals surface area contributed by atoms with Crippen LogP contribution in [0.3, 0.4) is 0 Å². The van der Waals surface area contributed by atoms with Gasteiger partial charge < -0.3 is 9.80 Å². The van der Waals surface area contributed by atoms with Gasteiger partial charge in [0.15, 0.2) is 0 Å². The van der Waals surface area contributed by atoms with Crippen LogP contribution in [-0.4, -0.2) is 48.4 Å². The first-order chi connectivity index (χ1) is 9.49. The third-order valence-electron chi connectivity index (χ3n) is 4.61. The molecule has 2 saturated heterocycles. The van der Waals surface area contributed by atoms with Crippen LogP contribution in [0.4, 0.5) is 4.39 Å². The standard InChI is InChI=1S/C15H18ClFN2O/c1-9-3-4-11(17)13(14(9)16)15(20)19-7-10-5-6-18(2)12(10)8-19/h3-4,10,12H,5-8H2,1-2H3/t10-,12+/m0/s1. The molecule has 2 aliphatic heterocycles. The summed E-state index contributed by atoms with van der Waals surface area (Å²) in [6.45, 7) is 4.24. The number of halogens is 2. The van der Waals surface area contributed by atoms with Crippen molar-refractivity contribution in [2.45, 2.75) is 19.4 Å². The summed E-state index contributed by atoms with van der Waals surface area (Å²) >= 11 is 6.12. The Kier molecular flexibility index (Phi) is 3.46. The molecule has 0 radical (unpaired) electrons. The van der Waals surface area contributed by atoms with Crippen molar-refractivity contribution in [3.05, 3.63) is 34.1 Å². The molecule has 1 aromatic carbocycles. The number of nitrogens with zero attached hydrogens (tertiary/aromatic N) is 2. The van der Waals surface area contributed by atoms with Crippen molar-refractivity contribution in [2.24, 2.45) is 5.92 Å². The van der Waals surface area contributed by atoms with E-state index >= 15 is 0 Å². The highest BCUT2D eigenvalue weighted by molar-refractivity contribution is 6.34. The smallest absolute Gasteiger partial charge is 0.258 e. The summed E-state index contributed by atoms with van der Waals surface area (Å²) in [5, 5.41) is 0.236. The Morgan fingerprint density at radius 2 is 2.15 bits per heavy atom. The Morgan fingerprint density at radius 3 is 2.85 bits per heavy atom. The van der Waals surface area contributed by atoms with Gasteiger partial charge in [-0.25, -0.2) is 4.39 Å². The van der Waals surface area contributed by atoms with Crippen LogP contribution in [0.5, 0.6) is 0 Å². The molecule has 1 amide bonds. The van der Waals surface area contributed by atoms with Gasteiger partial charge in [0, 0.05) is 19.1 Å². The monoisotopic (exact) mass is 296 g/mol. The third-order valence-corrected chi connectivity index (χ3v) is 5.10. The van der Waals surface area contributed by atoms with E-state index in [9.17, 15) is 9.18 Å².